The minimum absolute atomic E-state index is 0.333. The molecule has 3 nitrogen and oxygen atoms in total. The lowest BCUT2D eigenvalue weighted by Crippen LogP contribution is -2.26. The standard InChI is InChI=1S/C18H18O3/c1-4-18(19,15-7-11-17(21-3)12-8-15)13-14-5-9-16(20-2)10-6-14/h1,5-12,19H,13H2,2-3H3/t18-/m0/s1. The SMILES string of the molecule is C#C[C@](O)(Cc1ccc(OC)cc1)c1ccc(OC)cc1. The van der Waals surface area contributed by atoms with E-state index in [4.69, 9.17) is 15.9 Å². The molecule has 0 unspecified atom stereocenters. The van der Waals surface area contributed by atoms with Gasteiger partial charge in [-0.15, -0.1) is 6.42 Å². The molecule has 0 radical (unpaired) electrons. The highest BCUT2D eigenvalue weighted by Gasteiger charge is 2.27. The van der Waals surface area contributed by atoms with Crippen LogP contribution in [0.4, 0.5) is 0 Å². The van der Waals surface area contributed by atoms with Crippen LogP contribution in [0.2, 0.25) is 0 Å². The van der Waals surface area contributed by atoms with E-state index in [-0.39, 0.29) is 0 Å². The van der Waals surface area contributed by atoms with Gasteiger partial charge in [0.05, 0.1) is 14.2 Å². The molecule has 0 aliphatic carbocycles. The average Bonchev–Trinajstić information content (AvgIpc) is 2.55. The molecule has 0 spiro atoms. The minimum atomic E-state index is -1.35. The summed E-state index contributed by atoms with van der Waals surface area (Å²) in [6, 6.07) is 14.6. The van der Waals surface area contributed by atoms with Gasteiger partial charge in [-0.3, -0.25) is 0 Å². The highest BCUT2D eigenvalue weighted by molar-refractivity contribution is 5.38. The molecule has 21 heavy (non-hydrogen) atoms. The van der Waals surface area contributed by atoms with Crippen molar-refractivity contribution >= 4 is 0 Å². The molecule has 0 aliphatic heterocycles. The number of terminal acetylenes is 1. The fraction of sp³-hybridized carbons (Fsp3) is 0.222. The van der Waals surface area contributed by atoms with Crippen molar-refractivity contribution in [2.75, 3.05) is 14.2 Å². The summed E-state index contributed by atoms with van der Waals surface area (Å²) in [5.41, 5.74) is 0.259. The Balaban J connectivity index is 2.25. The Morgan fingerprint density at radius 3 is 1.86 bits per heavy atom. The third-order valence-electron chi connectivity index (χ3n) is 3.43. The van der Waals surface area contributed by atoms with Crippen molar-refractivity contribution in [3.05, 3.63) is 59.7 Å². The van der Waals surface area contributed by atoms with Crippen LogP contribution in [0.25, 0.3) is 0 Å². The van der Waals surface area contributed by atoms with Crippen LogP contribution in [0.5, 0.6) is 11.5 Å². The molecule has 0 fully saturated rings. The smallest absolute Gasteiger partial charge is 0.154 e. The molecular weight excluding hydrogens is 264 g/mol. The number of methoxy groups -OCH3 is 2. The van der Waals surface area contributed by atoms with E-state index in [1.54, 1.807) is 38.5 Å². The van der Waals surface area contributed by atoms with Gasteiger partial charge in [0, 0.05) is 6.42 Å². The molecule has 108 valence electrons. The van der Waals surface area contributed by atoms with Gasteiger partial charge < -0.3 is 14.6 Å². The second-order valence-electron chi connectivity index (χ2n) is 4.76. The largest absolute Gasteiger partial charge is 0.497 e. The first-order valence-electron chi connectivity index (χ1n) is 6.59. The molecule has 2 aromatic carbocycles. The van der Waals surface area contributed by atoms with E-state index in [0.29, 0.717) is 12.0 Å². The Bertz CT molecular complexity index is 623. The molecule has 2 aromatic rings. The lowest BCUT2D eigenvalue weighted by Gasteiger charge is -2.23. The zero-order valence-electron chi connectivity index (χ0n) is 12.2. The topological polar surface area (TPSA) is 38.7 Å². The minimum Gasteiger partial charge on any atom is -0.497 e. The highest BCUT2D eigenvalue weighted by Crippen LogP contribution is 2.27. The fourth-order valence-corrected chi connectivity index (χ4v) is 2.14. The van der Waals surface area contributed by atoms with Crippen molar-refractivity contribution in [1.29, 1.82) is 0 Å². The van der Waals surface area contributed by atoms with E-state index in [2.05, 4.69) is 5.92 Å². The number of benzene rings is 2. The van der Waals surface area contributed by atoms with Crippen LogP contribution in [0.3, 0.4) is 0 Å². The first-order chi connectivity index (χ1) is 10.1. The second kappa shape index (κ2) is 6.34. The summed E-state index contributed by atoms with van der Waals surface area (Å²) in [4.78, 5) is 0. The lowest BCUT2D eigenvalue weighted by atomic mass is 9.88. The summed E-state index contributed by atoms with van der Waals surface area (Å²) in [7, 11) is 3.21. The monoisotopic (exact) mass is 282 g/mol. The summed E-state index contributed by atoms with van der Waals surface area (Å²) < 4.78 is 10.2. The van der Waals surface area contributed by atoms with Crippen molar-refractivity contribution in [1.82, 2.24) is 0 Å². The van der Waals surface area contributed by atoms with Gasteiger partial charge in [0.15, 0.2) is 5.60 Å². The maximum Gasteiger partial charge on any atom is 0.154 e. The lowest BCUT2D eigenvalue weighted by molar-refractivity contribution is 0.101. The van der Waals surface area contributed by atoms with E-state index in [0.717, 1.165) is 17.1 Å². The average molecular weight is 282 g/mol. The maximum absolute atomic E-state index is 10.7. The van der Waals surface area contributed by atoms with E-state index >= 15 is 0 Å². The van der Waals surface area contributed by atoms with Crippen LogP contribution in [0.1, 0.15) is 11.1 Å². The summed E-state index contributed by atoms with van der Waals surface area (Å²) in [6.45, 7) is 0. The summed E-state index contributed by atoms with van der Waals surface area (Å²) in [5, 5.41) is 10.7. The zero-order valence-corrected chi connectivity index (χ0v) is 12.2. The molecule has 0 heterocycles. The van der Waals surface area contributed by atoms with Crippen molar-refractivity contribution in [3.63, 3.8) is 0 Å². The molecule has 0 aliphatic rings. The molecule has 1 atom stereocenters. The van der Waals surface area contributed by atoms with Gasteiger partial charge in [0.2, 0.25) is 0 Å². The number of ether oxygens (including phenoxy) is 2. The van der Waals surface area contributed by atoms with Crippen LogP contribution < -0.4 is 9.47 Å². The second-order valence-corrected chi connectivity index (χ2v) is 4.76. The van der Waals surface area contributed by atoms with Crippen LogP contribution in [-0.4, -0.2) is 19.3 Å². The molecule has 3 heteroatoms. The molecule has 0 saturated heterocycles. The van der Waals surface area contributed by atoms with Crippen molar-refractivity contribution in [3.8, 4) is 23.8 Å². The fourth-order valence-electron chi connectivity index (χ4n) is 2.14. The van der Waals surface area contributed by atoms with E-state index in [9.17, 15) is 5.11 Å². The zero-order chi connectivity index (χ0) is 15.3. The Hall–Kier alpha value is -2.44. The van der Waals surface area contributed by atoms with Gasteiger partial charge in [0.25, 0.3) is 0 Å². The predicted octanol–water partition coefficient (Wildman–Crippen LogP) is 2.77. The van der Waals surface area contributed by atoms with Crippen LogP contribution >= 0.6 is 0 Å². The van der Waals surface area contributed by atoms with E-state index < -0.39 is 5.60 Å². The van der Waals surface area contributed by atoms with Crippen LogP contribution in [0, 0.1) is 12.3 Å². The molecule has 0 amide bonds. The van der Waals surface area contributed by atoms with Crippen molar-refractivity contribution < 1.29 is 14.6 Å². The number of hydrogen-bond donors (Lipinski definition) is 1. The van der Waals surface area contributed by atoms with E-state index in [1.807, 2.05) is 24.3 Å². The van der Waals surface area contributed by atoms with Gasteiger partial charge in [-0.25, -0.2) is 0 Å². The molecule has 0 bridgehead atoms. The van der Waals surface area contributed by atoms with Crippen LogP contribution in [-0.2, 0) is 12.0 Å². The van der Waals surface area contributed by atoms with Gasteiger partial charge in [-0.05, 0) is 35.4 Å². The van der Waals surface area contributed by atoms with Gasteiger partial charge >= 0.3 is 0 Å². The Kier molecular flexibility index (Phi) is 4.52. The van der Waals surface area contributed by atoms with Gasteiger partial charge in [0.1, 0.15) is 11.5 Å². The third kappa shape index (κ3) is 3.36. The van der Waals surface area contributed by atoms with Crippen LogP contribution in [0.15, 0.2) is 48.5 Å². The molecule has 0 aromatic heterocycles. The van der Waals surface area contributed by atoms with Crippen molar-refractivity contribution in [2.24, 2.45) is 0 Å². The number of hydrogen-bond acceptors (Lipinski definition) is 3. The molecular formula is C18H18O3. The number of rotatable bonds is 5. The summed E-state index contributed by atoms with van der Waals surface area (Å²) in [5.74, 6) is 3.99. The first kappa shape index (κ1) is 15.0. The number of aliphatic hydroxyl groups is 1. The summed E-state index contributed by atoms with van der Waals surface area (Å²) >= 11 is 0. The maximum atomic E-state index is 10.7. The molecule has 0 saturated carbocycles. The Labute approximate surface area is 125 Å². The molecule has 2 rings (SSSR count). The van der Waals surface area contributed by atoms with Crippen molar-refractivity contribution in [2.45, 2.75) is 12.0 Å². The highest BCUT2D eigenvalue weighted by atomic mass is 16.5. The summed E-state index contributed by atoms with van der Waals surface area (Å²) in [6.07, 6.45) is 5.89. The Morgan fingerprint density at radius 2 is 1.43 bits per heavy atom. The third-order valence-corrected chi connectivity index (χ3v) is 3.43. The molecule has 1 N–H and O–H groups in total. The van der Waals surface area contributed by atoms with Gasteiger partial charge in [-0.2, -0.15) is 0 Å². The quantitative estimate of drug-likeness (QED) is 0.857. The van der Waals surface area contributed by atoms with Gasteiger partial charge in [-0.1, -0.05) is 30.2 Å². The predicted molar refractivity (Wildman–Crippen MR) is 82.4 cm³/mol. The first-order valence-corrected chi connectivity index (χ1v) is 6.59. The van der Waals surface area contributed by atoms with E-state index in [1.165, 1.54) is 0 Å². The Morgan fingerprint density at radius 1 is 0.952 bits per heavy atom. The normalized spacial score (nSPS) is 13.0.